The lowest BCUT2D eigenvalue weighted by molar-refractivity contribution is 0.554. The van der Waals surface area contributed by atoms with Gasteiger partial charge in [0, 0.05) is 19.0 Å². The molecule has 1 heterocycles. The number of fused-ring (bicyclic) bond motifs is 1. The summed E-state index contributed by atoms with van der Waals surface area (Å²) in [6.07, 6.45) is 7.59. The second kappa shape index (κ2) is 5.70. The standard InChI is InChI=1S/C15H19N3/c1-4-8-12(5-2)16-11-14-13-9-6-7-10-15(13)18(3)17-14/h2,6-7,9-10,12,16H,4,8,11H2,1,3H3. The Kier molecular flexibility index (Phi) is 4.01. The number of terminal acetylenes is 1. The first kappa shape index (κ1) is 12.7. The Morgan fingerprint density at radius 3 is 2.94 bits per heavy atom. The highest BCUT2D eigenvalue weighted by molar-refractivity contribution is 5.81. The summed E-state index contributed by atoms with van der Waals surface area (Å²) in [5.74, 6) is 2.78. The molecule has 0 aliphatic heterocycles. The summed E-state index contributed by atoms with van der Waals surface area (Å²) in [7, 11) is 1.97. The lowest BCUT2D eigenvalue weighted by atomic mass is 10.1. The molecule has 94 valence electrons. The molecule has 1 aromatic carbocycles. The van der Waals surface area contributed by atoms with Crippen LogP contribution in [0.1, 0.15) is 25.5 Å². The number of rotatable bonds is 5. The molecule has 1 atom stereocenters. The van der Waals surface area contributed by atoms with Gasteiger partial charge < -0.3 is 0 Å². The maximum atomic E-state index is 5.50. The van der Waals surface area contributed by atoms with Crippen LogP contribution in [0.15, 0.2) is 24.3 Å². The van der Waals surface area contributed by atoms with Gasteiger partial charge in [0.05, 0.1) is 17.3 Å². The van der Waals surface area contributed by atoms with E-state index in [9.17, 15) is 0 Å². The second-order valence-corrected chi connectivity index (χ2v) is 4.48. The van der Waals surface area contributed by atoms with E-state index in [1.54, 1.807) is 0 Å². The van der Waals surface area contributed by atoms with Crippen LogP contribution in [0.5, 0.6) is 0 Å². The van der Waals surface area contributed by atoms with Gasteiger partial charge in [-0.2, -0.15) is 5.10 Å². The molecule has 0 radical (unpaired) electrons. The van der Waals surface area contributed by atoms with Crippen LogP contribution in [-0.2, 0) is 13.6 Å². The van der Waals surface area contributed by atoms with E-state index in [0.717, 1.165) is 30.6 Å². The quantitative estimate of drug-likeness (QED) is 0.815. The summed E-state index contributed by atoms with van der Waals surface area (Å²) < 4.78 is 1.91. The average Bonchev–Trinajstić information content (AvgIpc) is 2.72. The van der Waals surface area contributed by atoms with Gasteiger partial charge in [-0.3, -0.25) is 10.00 Å². The van der Waals surface area contributed by atoms with Crippen LogP contribution in [-0.4, -0.2) is 15.8 Å². The van der Waals surface area contributed by atoms with Gasteiger partial charge in [0.15, 0.2) is 0 Å². The number of aryl methyl sites for hydroxylation is 1. The molecule has 3 heteroatoms. The number of nitrogens with zero attached hydrogens (tertiary/aromatic N) is 2. The fraction of sp³-hybridized carbons (Fsp3) is 0.400. The van der Waals surface area contributed by atoms with E-state index in [2.05, 4.69) is 35.4 Å². The molecule has 0 saturated carbocycles. The van der Waals surface area contributed by atoms with Crippen molar-refractivity contribution in [2.75, 3.05) is 0 Å². The van der Waals surface area contributed by atoms with E-state index >= 15 is 0 Å². The molecule has 2 rings (SSSR count). The van der Waals surface area contributed by atoms with Crippen molar-refractivity contribution < 1.29 is 0 Å². The fourth-order valence-corrected chi connectivity index (χ4v) is 2.17. The first-order chi connectivity index (χ1) is 8.76. The lowest BCUT2D eigenvalue weighted by Crippen LogP contribution is -2.27. The number of benzene rings is 1. The molecule has 0 aliphatic carbocycles. The SMILES string of the molecule is C#CC(CCC)NCc1nn(C)c2ccccc12. The Morgan fingerprint density at radius 2 is 2.22 bits per heavy atom. The Morgan fingerprint density at radius 1 is 1.44 bits per heavy atom. The van der Waals surface area contributed by atoms with Crippen LogP contribution in [0, 0.1) is 12.3 Å². The monoisotopic (exact) mass is 241 g/mol. The molecule has 0 fully saturated rings. The summed E-state index contributed by atoms with van der Waals surface area (Å²) in [5, 5.41) is 9.12. The van der Waals surface area contributed by atoms with Gasteiger partial charge in [0.25, 0.3) is 0 Å². The number of hydrogen-bond acceptors (Lipinski definition) is 2. The Balaban J connectivity index is 2.15. The van der Waals surface area contributed by atoms with Crippen molar-refractivity contribution in [1.82, 2.24) is 15.1 Å². The normalized spacial score (nSPS) is 12.5. The minimum atomic E-state index is 0.135. The van der Waals surface area contributed by atoms with Crippen LogP contribution < -0.4 is 5.32 Å². The molecule has 2 aromatic rings. The largest absolute Gasteiger partial charge is 0.298 e. The fourth-order valence-electron chi connectivity index (χ4n) is 2.17. The molecule has 1 aromatic heterocycles. The summed E-state index contributed by atoms with van der Waals surface area (Å²) in [6.45, 7) is 2.86. The molecule has 0 saturated heterocycles. The predicted molar refractivity (Wildman–Crippen MR) is 75.1 cm³/mol. The first-order valence-corrected chi connectivity index (χ1v) is 6.36. The van der Waals surface area contributed by atoms with E-state index in [0.29, 0.717) is 0 Å². The molecule has 0 amide bonds. The van der Waals surface area contributed by atoms with Crippen molar-refractivity contribution in [1.29, 1.82) is 0 Å². The minimum Gasteiger partial charge on any atom is -0.298 e. The van der Waals surface area contributed by atoms with Gasteiger partial charge >= 0.3 is 0 Å². The number of hydrogen-bond donors (Lipinski definition) is 1. The van der Waals surface area contributed by atoms with Gasteiger partial charge in [0.1, 0.15) is 0 Å². The zero-order valence-corrected chi connectivity index (χ0v) is 11.0. The van der Waals surface area contributed by atoms with Crippen molar-refractivity contribution in [2.24, 2.45) is 7.05 Å². The van der Waals surface area contributed by atoms with Gasteiger partial charge in [-0.05, 0) is 12.5 Å². The molecule has 1 N–H and O–H groups in total. The van der Waals surface area contributed by atoms with Gasteiger partial charge in [0.2, 0.25) is 0 Å². The maximum Gasteiger partial charge on any atom is 0.0841 e. The first-order valence-electron chi connectivity index (χ1n) is 6.36. The van der Waals surface area contributed by atoms with Crippen molar-refractivity contribution in [3.8, 4) is 12.3 Å². The molecular formula is C15H19N3. The zero-order chi connectivity index (χ0) is 13.0. The van der Waals surface area contributed by atoms with Crippen molar-refractivity contribution in [3.63, 3.8) is 0 Å². The summed E-state index contributed by atoms with van der Waals surface area (Å²) in [6, 6.07) is 8.39. The lowest BCUT2D eigenvalue weighted by Gasteiger charge is -2.10. The molecule has 0 spiro atoms. The maximum absolute atomic E-state index is 5.50. The van der Waals surface area contributed by atoms with Gasteiger partial charge in [-0.1, -0.05) is 37.5 Å². The number of para-hydroxylation sites is 1. The summed E-state index contributed by atoms with van der Waals surface area (Å²) in [4.78, 5) is 0. The van der Waals surface area contributed by atoms with Gasteiger partial charge in [-0.25, -0.2) is 0 Å². The summed E-state index contributed by atoms with van der Waals surface area (Å²) in [5.41, 5.74) is 2.21. The van der Waals surface area contributed by atoms with Crippen molar-refractivity contribution >= 4 is 10.9 Å². The van der Waals surface area contributed by atoms with Gasteiger partial charge in [-0.15, -0.1) is 6.42 Å². The zero-order valence-electron chi connectivity index (χ0n) is 11.0. The van der Waals surface area contributed by atoms with Crippen LogP contribution >= 0.6 is 0 Å². The Bertz CT molecular complexity index is 563. The number of nitrogens with one attached hydrogen (secondary N) is 1. The molecule has 1 unspecified atom stereocenters. The third-order valence-corrected chi connectivity index (χ3v) is 3.13. The molecule has 0 aliphatic rings. The van der Waals surface area contributed by atoms with E-state index in [4.69, 9.17) is 6.42 Å². The predicted octanol–water partition coefficient (Wildman–Crippen LogP) is 2.46. The van der Waals surface area contributed by atoms with Crippen LogP contribution in [0.2, 0.25) is 0 Å². The highest BCUT2D eigenvalue weighted by Gasteiger charge is 2.09. The van der Waals surface area contributed by atoms with Crippen molar-refractivity contribution in [3.05, 3.63) is 30.0 Å². The van der Waals surface area contributed by atoms with E-state index < -0.39 is 0 Å². The minimum absolute atomic E-state index is 0.135. The molecule has 3 nitrogen and oxygen atoms in total. The Hall–Kier alpha value is -1.79. The highest BCUT2D eigenvalue weighted by atomic mass is 15.3. The number of aromatic nitrogens is 2. The topological polar surface area (TPSA) is 29.9 Å². The molecular weight excluding hydrogens is 222 g/mol. The highest BCUT2D eigenvalue weighted by Crippen LogP contribution is 2.17. The third-order valence-electron chi connectivity index (χ3n) is 3.13. The molecule has 18 heavy (non-hydrogen) atoms. The van der Waals surface area contributed by atoms with Crippen LogP contribution in [0.25, 0.3) is 10.9 Å². The van der Waals surface area contributed by atoms with E-state index in [-0.39, 0.29) is 6.04 Å². The van der Waals surface area contributed by atoms with Crippen LogP contribution in [0.3, 0.4) is 0 Å². The second-order valence-electron chi connectivity index (χ2n) is 4.48. The van der Waals surface area contributed by atoms with Crippen molar-refractivity contribution in [2.45, 2.75) is 32.4 Å². The Labute approximate surface area is 108 Å². The van der Waals surface area contributed by atoms with E-state index in [1.807, 2.05) is 23.9 Å². The average molecular weight is 241 g/mol. The summed E-state index contributed by atoms with van der Waals surface area (Å²) >= 11 is 0. The van der Waals surface area contributed by atoms with E-state index in [1.165, 1.54) is 5.39 Å². The van der Waals surface area contributed by atoms with Crippen LogP contribution in [0.4, 0.5) is 0 Å². The molecule has 0 bridgehead atoms. The third kappa shape index (κ3) is 2.55. The smallest absolute Gasteiger partial charge is 0.0841 e.